The number of pyridine rings is 1. The Morgan fingerprint density at radius 2 is 1.96 bits per heavy atom. The Balaban J connectivity index is 1.68. The third-order valence-electron chi connectivity index (χ3n) is 4.59. The van der Waals surface area contributed by atoms with Crippen molar-refractivity contribution in [1.29, 1.82) is 5.26 Å². The molecule has 1 aliphatic rings. The van der Waals surface area contributed by atoms with Crippen molar-refractivity contribution >= 4 is 5.91 Å². The first-order valence-corrected chi connectivity index (χ1v) is 8.48. The number of hydrogen-bond acceptors (Lipinski definition) is 5. The molecular weight excluding hydrogens is 342 g/mol. The molecule has 3 heterocycles. The second kappa shape index (κ2) is 6.84. The molecule has 1 amide bonds. The van der Waals surface area contributed by atoms with Gasteiger partial charge in [-0.1, -0.05) is 12.1 Å². The van der Waals surface area contributed by atoms with Crippen LogP contribution in [0.1, 0.15) is 27.2 Å². The van der Waals surface area contributed by atoms with Crippen molar-refractivity contribution in [2.24, 2.45) is 0 Å². The van der Waals surface area contributed by atoms with Gasteiger partial charge in [-0.25, -0.2) is 4.98 Å². The van der Waals surface area contributed by atoms with Gasteiger partial charge in [0.25, 0.3) is 11.5 Å². The van der Waals surface area contributed by atoms with Crippen molar-refractivity contribution in [1.82, 2.24) is 19.9 Å². The summed E-state index contributed by atoms with van der Waals surface area (Å²) in [7, 11) is 0. The molecule has 0 spiro atoms. The van der Waals surface area contributed by atoms with Crippen LogP contribution in [0.3, 0.4) is 0 Å². The lowest BCUT2D eigenvalue weighted by Gasteiger charge is -2.28. The number of nitriles is 1. The van der Waals surface area contributed by atoms with Crippen LogP contribution in [-0.2, 0) is 13.0 Å². The molecule has 0 bridgehead atoms. The summed E-state index contributed by atoms with van der Waals surface area (Å²) in [5, 5.41) is 9.24. The Labute approximate surface area is 154 Å². The fraction of sp³-hybridized carbons (Fsp3) is 0.150. The maximum absolute atomic E-state index is 12.9. The van der Waals surface area contributed by atoms with Crippen LogP contribution in [0.2, 0.25) is 0 Å². The number of aromatic amines is 1. The van der Waals surface area contributed by atoms with Crippen LogP contribution in [0, 0.1) is 11.3 Å². The van der Waals surface area contributed by atoms with Crippen LogP contribution < -0.4 is 5.56 Å². The first-order chi connectivity index (χ1) is 13.2. The fourth-order valence-corrected chi connectivity index (χ4v) is 3.20. The molecule has 1 N–H and O–H groups in total. The van der Waals surface area contributed by atoms with Crippen LogP contribution in [0.15, 0.2) is 53.6 Å². The van der Waals surface area contributed by atoms with E-state index in [1.807, 2.05) is 0 Å². The molecule has 2 aromatic heterocycles. The molecular formula is C20H15N5O2. The van der Waals surface area contributed by atoms with Gasteiger partial charge < -0.3 is 9.88 Å². The number of hydrogen-bond donors (Lipinski definition) is 1. The van der Waals surface area contributed by atoms with Gasteiger partial charge in [0.2, 0.25) is 0 Å². The molecule has 3 aromatic rings. The summed E-state index contributed by atoms with van der Waals surface area (Å²) in [6.45, 7) is 0.640. The Kier molecular flexibility index (Phi) is 4.22. The highest BCUT2D eigenvalue weighted by molar-refractivity contribution is 5.96. The summed E-state index contributed by atoms with van der Waals surface area (Å²) >= 11 is 0. The topological polar surface area (TPSA) is 103 Å². The number of aromatic nitrogens is 3. The van der Waals surface area contributed by atoms with E-state index in [0.29, 0.717) is 41.2 Å². The van der Waals surface area contributed by atoms with Crippen LogP contribution in [0.5, 0.6) is 0 Å². The van der Waals surface area contributed by atoms with E-state index in [2.05, 4.69) is 21.0 Å². The normalized spacial score (nSPS) is 12.9. The van der Waals surface area contributed by atoms with Gasteiger partial charge in [0.1, 0.15) is 5.82 Å². The minimum Gasteiger partial charge on any atom is -0.332 e. The smallest absolute Gasteiger partial charge is 0.255 e. The van der Waals surface area contributed by atoms with E-state index in [1.165, 1.54) is 0 Å². The molecule has 1 aliphatic heterocycles. The summed E-state index contributed by atoms with van der Waals surface area (Å²) < 4.78 is 0. The molecule has 7 nitrogen and oxygen atoms in total. The van der Waals surface area contributed by atoms with Crippen LogP contribution in [0.4, 0.5) is 0 Å². The van der Waals surface area contributed by atoms with E-state index in [-0.39, 0.29) is 18.0 Å². The maximum atomic E-state index is 12.9. The van der Waals surface area contributed by atoms with E-state index in [1.54, 1.807) is 53.7 Å². The van der Waals surface area contributed by atoms with Gasteiger partial charge in [-0.3, -0.25) is 14.6 Å². The Hall–Kier alpha value is -3.79. The molecule has 7 heteroatoms. The van der Waals surface area contributed by atoms with Crippen LogP contribution in [-0.4, -0.2) is 32.3 Å². The Morgan fingerprint density at radius 1 is 1.19 bits per heavy atom. The standard InChI is InChI=1S/C20H15N5O2/c21-11-14-3-1-2-4-15(14)20(27)25-10-7-16-17(12-25)23-18(24-19(16)26)13-5-8-22-9-6-13/h1-6,8-9H,7,10,12H2,(H,23,24,26). The number of rotatable bonds is 2. The average Bonchev–Trinajstić information content (AvgIpc) is 2.73. The molecule has 0 atom stereocenters. The third kappa shape index (κ3) is 3.09. The molecule has 0 aliphatic carbocycles. The van der Waals surface area contributed by atoms with Crippen LogP contribution >= 0.6 is 0 Å². The highest BCUT2D eigenvalue weighted by Crippen LogP contribution is 2.20. The fourth-order valence-electron chi connectivity index (χ4n) is 3.20. The maximum Gasteiger partial charge on any atom is 0.255 e. The highest BCUT2D eigenvalue weighted by Gasteiger charge is 2.26. The lowest BCUT2D eigenvalue weighted by atomic mass is 10.0. The molecule has 0 saturated heterocycles. The van der Waals surface area contributed by atoms with Crippen molar-refractivity contribution in [2.75, 3.05) is 6.54 Å². The zero-order chi connectivity index (χ0) is 18.8. The number of H-pyrrole nitrogens is 1. The lowest BCUT2D eigenvalue weighted by Crippen LogP contribution is -2.39. The highest BCUT2D eigenvalue weighted by atomic mass is 16.2. The van der Waals surface area contributed by atoms with Gasteiger partial charge >= 0.3 is 0 Å². The van der Waals surface area contributed by atoms with E-state index in [4.69, 9.17) is 0 Å². The van der Waals surface area contributed by atoms with E-state index in [0.717, 1.165) is 5.56 Å². The van der Waals surface area contributed by atoms with E-state index >= 15 is 0 Å². The summed E-state index contributed by atoms with van der Waals surface area (Å²) in [5.41, 5.74) is 2.46. The number of amides is 1. The van der Waals surface area contributed by atoms with E-state index < -0.39 is 0 Å². The SMILES string of the molecule is N#Cc1ccccc1C(=O)N1CCc2c(nc(-c3ccncc3)[nH]c2=O)C1. The minimum absolute atomic E-state index is 0.184. The van der Waals surface area contributed by atoms with Crippen molar-refractivity contribution in [3.05, 3.63) is 81.5 Å². The molecule has 0 radical (unpaired) electrons. The monoisotopic (exact) mass is 357 g/mol. The Morgan fingerprint density at radius 3 is 2.74 bits per heavy atom. The summed E-state index contributed by atoms with van der Waals surface area (Å²) in [6, 6.07) is 12.3. The van der Waals surface area contributed by atoms with Crippen molar-refractivity contribution in [3.8, 4) is 17.5 Å². The molecule has 0 fully saturated rings. The largest absolute Gasteiger partial charge is 0.332 e. The van der Waals surface area contributed by atoms with Gasteiger partial charge in [-0.2, -0.15) is 5.26 Å². The third-order valence-corrected chi connectivity index (χ3v) is 4.59. The molecule has 4 rings (SSSR count). The molecule has 0 saturated carbocycles. The summed E-state index contributed by atoms with van der Waals surface area (Å²) in [6.07, 6.45) is 3.68. The first kappa shape index (κ1) is 16.7. The second-order valence-electron chi connectivity index (χ2n) is 6.21. The predicted molar refractivity (Wildman–Crippen MR) is 97.7 cm³/mol. The van der Waals surface area contributed by atoms with Crippen molar-refractivity contribution in [2.45, 2.75) is 13.0 Å². The van der Waals surface area contributed by atoms with Gasteiger partial charge in [0.05, 0.1) is 29.4 Å². The molecule has 0 unspecified atom stereocenters. The van der Waals surface area contributed by atoms with Gasteiger partial charge in [-0.05, 0) is 30.7 Å². The Bertz CT molecular complexity index is 1120. The molecule has 1 aromatic carbocycles. The molecule has 132 valence electrons. The van der Waals surface area contributed by atoms with Crippen LogP contribution in [0.25, 0.3) is 11.4 Å². The zero-order valence-corrected chi connectivity index (χ0v) is 14.3. The first-order valence-electron chi connectivity index (χ1n) is 8.48. The lowest BCUT2D eigenvalue weighted by molar-refractivity contribution is 0.0731. The van der Waals surface area contributed by atoms with Gasteiger partial charge in [0.15, 0.2) is 0 Å². The summed E-state index contributed by atoms with van der Waals surface area (Å²) in [5.74, 6) is 0.221. The summed E-state index contributed by atoms with van der Waals surface area (Å²) in [4.78, 5) is 38.3. The van der Waals surface area contributed by atoms with Gasteiger partial charge in [0, 0.05) is 30.1 Å². The number of fused-ring (bicyclic) bond motifs is 1. The number of benzene rings is 1. The quantitative estimate of drug-likeness (QED) is 0.754. The minimum atomic E-state index is -0.231. The number of carbonyl (C=O) groups excluding carboxylic acids is 1. The number of carbonyl (C=O) groups is 1. The second-order valence-corrected chi connectivity index (χ2v) is 6.21. The number of nitrogens with zero attached hydrogens (tertiary/aromatic N) is 4. The molecule has 27 heavy (non-hydrogen) atoms. The van der Waals surface area contributed by atoms with Crippen molar-refractivity contribution in [3.63, 3.8) is 0 Å². The van der Waals surface area contributed by atoms with Crippen molar-refractivity contribution < 1.29 is 4.79 Å². The predicted octanol–water partition coefficient (Wildman–Crippen LogP) is 1.90. The zero-order valence-electron chi connectivity index (χ0n) is 14.3. The van der Waals surface area contributed by atoms with E-state index in [9.17, 15) is 14.9 Å². The average molecular weight is 357 g/mol. The van der Waals surface area contributed by atoms with Gasteiger partial charge in [-0.15, -0.1) is 0 Å². The number of nitrogens with one attached hydrogen (secondary N) is 1.